The summed E-state index contributed by atoms with van der Waals surface area (Å²) in [7, 11) is 0. The smallest absolute Gasteiger partial charge is 0.335 e. The second-order valence-electron chi connectivity index (χ2n) is 10.6. The van der Waals surface area contributed by atoms with E-state index in [1.54, 1.807) is 0 Å². The van der Waals surface area contributed by atoms with E-state index >= 15 is 0 Å². The normalized spacial score (nSPS) is 21.2. The Hall–Kier alpha value is -4.46. The molecule has 2 aromatic rings. The van der Waals surface area contributed by atoms with Crippen LogP contribution in [0.5, 0.6) is 0 Å². The average molecular weight is 537 g/mol. The quantitative estimate of drug-likeness (QED) is 0.454. The Morgan fingerprint density at radius 3 is 1.62 bits per heavy atom. The molecule has 4 aliphatic rings. The predicted octanol–water partition coefficient (Wildman–Crippen LogP) is 4.72. The van der Waals surface area contributed by atoms with E-state index < -0.39 is 11.9 Å². The average Bonchev–Trinajstić information content (AvgIpc) is 3.60. The van der Waals surface area contributed by atoms with Gasteiger partial charge in [-0.15, -0.1) is 0 Å². The van der Waals surface area contributed by atoms with Gasteiger partial charge in [-0.05, 0) is 60.8 Å². The second kappa shape index (κ2) is 11.7. The predicted molar refractivity (Wildman–Crippen MR) is 154 cm³/mol. The molecule has 204 valence electrons. The zero-order valence-corrected chi connectivity index (χ0v) is 22.3. The highest BCUT2D eigenvalue weighted by atomic mass is 16.7. The van der Waals surface area contributed by atoms with Crippen LogP contribution in [0.25, 0.3) is 12.2 Å². The number of aliphatic imine (C=N–C) groups is 2. The fraction of sp³-hybridized carbons (Fsp3) is 0.312. The van der Waals surface area contributed by atoms with Crippen LogP contribution in [0.4, 0.5) is 0 Å². The maximum atomic E-state index is 12.5. The molecule has 6 rings (SSSR count). The Labute approximate surface area is 233 Å². The van der Waals surface area contributed by atoms with E-state index in [4.69, 9.17) is 9.68 Å². The standard InChI is InChI=1S/C32H32N4O4/c37-31(39-35-21-33-19-29(35)17-23-9-11-25-5-1-3-7-27(25)15-23)13-14-32(38)40-36-22-34-20-30(36)18-24-10-12-26-6-2-4-8-28(26)16-24/h1-8,13-16,21-22,29-30H,9-12,17-20H2/b14-13+. The lowest BCUT2D eigenvalue weighted by Crippen LogP contribution is -2.34. The summed E-state index contributed by atoms with van der Waals surface area (Å²) >= 11 is 0. The Balaban J connectivity index is 0.989. The molecule has 0 radical (unpaired) electrons. The van der Waals surface area contributed by atoms with Crippen molar-refractivity contribution in [2.45, 2.75) is 50.6 Å². The number of carbonyl (C=O) groups excluding carboxylic acids is 2. The first-order chi connectivity index (χ1) is 19.6. The number of aryl methyl sites for hydroxylation is 2. The van der Waals surface area contributed by atoms with Crippen LogP contribution in [-0.4, -0.2) is 59.9 Å². The molecule has 2 unspecified atom stereocenters. The number of nitrogens with zero attached hydrogens (tertiary/aromatic N) is 4. The third-order valence-corrected chi connectivity index (χ3v) is 7.75. The molecular formula is C32H32N4O4. The van der Waals surface area contributed by atoms with E-state index in [0.717, 1.165) is 50.7 Å². The molecule has 8 heteroatoms. The van der Waals surface area contributed by atoms with E-state index in [-0.39, 0.29) is 12.1 Å². The molecule has 0 saturated heterocycles. The van der Waals surface area contributed by atoms with E-state index in [1.807, 2.05) is 12.1 Å². The van der Waals surface area contributed by atoms with Gasteiger partial charge in [0.25, 0.3) is 0 Å². The van der Waals surface area contributed by atoms with Crippen molar-refractivity contribution >= 4 is 36.8 Å². The molecular weight excluding hydrogens is 504 g/mol. The maximum absolute atomic E-state index is 12.5. The van der Waals surface area contributed by atoms with Crippen LogP contribution in [-0.2, 0) is 32.1 Å². The molecule has 2 atom stereocenters. The molecule has 0 N–H and O–H groups in total. The van der Waals surface area contributed by atoms with Crippen LogP contribution in [0.15, 0.2) is 81.8 Å². The van der Waals surface area contributed by atoms with Crippen molar-refractivity contribution in [3.63, 3.8) is 0 Å². The summed E-state index contributed by atoms with van der Waals surface area (Å²) in [6, 6.07) is 16.7. The molecule has 0 fully saturated rings. The number of hydrogen-bond acceptors (Lipinski definition) is 8. The van der Waals surface area contributed by atoms with E-state index in [0.29, 0.717) is 13.1 Å². The van der Waals surface area contributed by atoms with Gasteiger partial charge in [-0.3, -0.25) is 9.98 Å². The van der Waals surface area contributed by atoms with Crippen molar-refractivity contribution in [2.24, 2.45) is 9.98 Å². The fourth-order valence-electron chi connectivity index (χ4n) is 5.67. The number of hydroxylamine groups is 4. The third kappa shape index (κ3) is 6.06. The summed E-state index contributed by atoms with van der Waals surface area (Å²) < 4.78 is 0. The zero-order valence-electron chi connectivity index (χ0n) is 22.3. The number of hydrogen-bond donors (Lipinski definition) is 0. The summed E-state index contributed by atoms with van der Waals surface area (Å²) in [5.41, 5.74) is 7.83. The largest absolute Gasteiger partial charge is 0.356 e. The monoisotopic (exact) mass is 536 g/mol. The maximum Gasteiger partial charge on any atom is 0.356 e. The number of benzene rings is 2. The number of fused-ring (bicyclic) bond motifs is 2. The van der Waals surface area contributed by atoms with Gasteiger partial charge in [0, 0.05) is 12.2 Å². The molecule has 0 aromatic heterocycles. The fourth-order valence-corrected chi connectivity index (χ4v) is 5.67. The summed E-state index contributed by atoms with van der Waals surface area (Å²) in [6.45, 7) is 1.10. The Kier molecular flexibility index (Phi) is 7.57. The van der Waals surface area contributed by atoms with Crippen molar-refractivity contribution in [3.8, 4) is 0 Å². The summed E-state index contributed by atoms with van der Waals surface area (Å²) in [6.07, 6.45) is 15.2. The van der Waals surface area contributed by atoms with Gasteiger partial charge in [0.2, 0.25) is 0 Å². The summed E-state index contributed by atoms with van der Waals surface area (Å²) in [4.78, 5) is 44.5. The molecule has 2 aromatic carbocycles. The van der Waals surface area contributed by atoms with Crippen molar-refractivity contribution < 1.29 is 19.3 Å². The van der Waals surface area contributed by atoms with Gasteiger partial charge in [0.05, 0.1) is 25.2 Å². The molecule has 40 heavy (non-hydrogen) atoms. The topological polar surface area (TPSA) is 83.8 Å². The SMILES string of the molecule is O=C(/C=C/C(=O)ON1C=NCC1CC1=Cc2ccccc2CC1)ON1C=NCC1CC1=Cc2ccccc2CC1. The molecule has 0 amide bonds. The Morgan fingerprint density at radius 1 is 0.700 bits per heavy atom. The first-order valence-electron chi connectivity index (χ1n) is 13.8. The molecule has 0 bridgehead atoms. The van der Waals surface area contributed by atoms with Crippen molar-refractivity contribution in [2.75, 3.05) is 13.1 Å². The minimum Gasteiger partial charge on any atom is -0.335 e. The molecule has 2 heterocycles. The van der Waals surface area contributed by atoms with E-state index in [1.165, 1.54) is 56.2 Å². The first-order valence-corrected chi connectivity index (χ1v) is 13.8. The van der Waals surface area contributed by atoms with Crippen molar-refractivity contribution in [1.29, 1.82) is 0 Å². The lowest BCUT2D eigenvalue weighted by Gasteiger charge is -2.25. The summed E-state index contributed by atoms with van der Waals surface area (Å²) in [5, 5.41) is 2.97. The highest BCUT2D eigenvalue weighted by molar-refractivity contribution is 5.92. The molecule has 0 saturated carbocycles. The van der Waals surface area contributed by atoms with Crippen LogP contribution in [0.2, 0.25) is 0 Å². The van der Waals surface area contributed by atoms with Gasteiger partial charge < -0.3 is 9.68 Å². The first kappa shape index (κ1) is 25.8. The van der Waals surface area contributed by atoms with Gasteiger partial charge in [0.15, 0.2) is 0 Å². The van der Waals surface area contributed by atoms with Gasteiger partial charge in [-0.2, -0.15) is 10.1 Å². The Morgan fingerprint density at radius 2 is 1.15 bits per heavy atom. The minimum atomic E-state index is -0.657. The Bertz CT molecular complexity index is 1330. The van der Waals surface area contributed by atoms with Gasteiger partial charge in [-0.25, -0.2) is 9.59 Å². The molecule has 2 aliphatic carbocycles. The van der Waals surface area contributed by atoms with Crippen LogP contribution in [0, 0.1) is 0 Å². The molecule has 2 aliphatic heterocycles. The summed E-state index contributed by atoms with van der Waals surface area (Å²) in [5.74, 6) is -1.31. The highest BCUT2D eigenvalue weighted by Gasteiger charge is 2.27. The zero-order chi connectivity index (χ0) is 27.3. The van der Waals surface area contributed by atoms with Gasteiger partial charge in [-0.1, -0.05) is 71.8 Å². The van der Waals surface area contributed by atoms with Crippen molar-refractivity contribution in [3.05, 3.63) is 94.1 Å². The van der Waals surface area contributed by atoms with Crippen molar-refractivity contribution in [1.82, 2.24) is 10.1 Å². The lowest BCUT2D eigenvalue weighted by atomic mass is 9.89. The van der Waals surface area contributed by atoms with Crippen LogP contribution < -0.4 is 0 Å². The molecule has 0 spiro atoms. The van der Waals surface area contributed by atoms with Gasteiger partial charge in [0.1, 0.15) is 12.7 Å². The van der Waals surface area contributed by atoms with Crippen LogP contribution >= 0.6 is 0 Å². The number of rotatable bonds is 8. The van der Waals surface area contributed by atoms with E-state index in [9.17, 15) is 9.59 Å². The van der Waals surface area contributed by atoms with Crippen LogP contribution in [0.1, 0.15) is 47.9 Å². The third-order valence-electron chi connectivity index (χ3n) is 7.75. The van der Waals surface area contributed by atoms with E-state index in [2.05, 4.69) is 58.5 Å². The lowest BCUT2D eigenvalue weighted by molar-refractivity contribution is -0.172. The number of carbonyl (C=O) groups is 2. The van der Waals surface area contributed by atoms with Crippen LogP contribution in [0.3, 0.4) is 0 Å². The molecule has 8 nitrogen and oxygen atoms in total. The minimum absolute atomic E-state index is 0.0663. The van der Waals surface area contributed by atoms with Gasteiger partial charge >= 0.3 is 11.9 Å². The highest BCUT2D eigenvalue weighted by Crippen LogP contribution is 2.29. The second-order valence-corrected chi connectivity index (χ2v) is 10.6.